The maximum atomic E-state index is 11.4. The normalized spacial score (nSPS) is 9.29. The average Bonchev–Trinajstić information content (AvgIpc) is 2.25. The number of carbonyl (C=O) groups excluding carboxylic acids is 2. The zero-order chi connectivity index (χ0) is 12.4. The molecule has 0 aromatic heterocycles. The minimum atomic E-state index is -0.630. The van der Waals surface area contributed by atoms with E-state index in [0.717, 1.165) is 0 Å². The van der Waals surface area contributed by atoms with Crippen molar-refractivity contribution in [1.29, 1.82) is 0 Å². The predicted octanol–water partition coefficient (Wildman–Crippen LogP) is -1.18. The van der Waals surface area contributed by atoms with E-state index in [9.17, 15) is 9.59 Å². The molecule has 0 unspecified atom stereocenters. The van der Waals surface area contributed by atoms with Gasteiger partial charge in [-0.1, -0.05) is 18.7 Å². The van der Waals surface area contributed by atoms with Gasteiger partial charge in [0.1, 0.15) is 0 Å². The van der Waals surface area contributed by atoms with Gasteiger partial charge in [-0.3, -0.25) is 9.59 Å². The van der Waals surface area contributed by atoms with Gasteiger partial charge in [0.2, 0.25) is 0 Å². The summed E-state index contributed by atoms with van der Waals surface area (Å²) in [5.41, 5.74) is 0. The van der Waals surface area contributed by atoms with Crippen LogP contribution in [0.1, 0.15) is 20.3 Å². The Labute approximate surface area is 124 Å². The molecule has 5 heteroatoms. The van der Waals surface area contributed by atoms with E-state index in [1.165, 1.54) is 0 Å². The van der Waals surface area contributed by atoms with Gasteiger partial charge in [0.05, 0.1) is 13.2 Å². The second-order valence-corrected chi connectivity index (χ2v) is 2.79. The molecule has 0 saturated carbocycles. The molecule has 0 amide bonds. The largest absolute Gasteiger partial charge is 1.00 e. The van der Waals surface area contributed by atoms with Crippen molar-refractivity contribution >= 4 is 11.9 Å². The van der Waals surface area contributed by atoms with Crippen molar-refractivity contribution in [3.63, 3.8) is 0 Å². The minimum absolute atomic E-state index is 0. The second kappa shape index (κ2) is 11.8. The number of allylic oxidation sites excluding steroid dienone is 3. The summed E-state index contributed by atoms with van der Waals surface area (Å²) in [6.07, 6.45) is 5.05. The third kappa shape index (κ3) is 8.07. The first-order chi connectivity index (χ1) is 7.67. The minimum Gasteiger partial charge on any atom is -0.488 e. The smallest absolute Gasteiger partial charge is 0.488 e. The van der Waals surface area contributed by atoms with Gasteiger partial charge in [-0.2, -0.15) is 5.92 Å². The molecule has 0 aliphatic heterocycles. The van der Waals surface area contributed by atoms with Gasteiger partial charge in [0, 0.05) is 0 Å². The summed E-state index contributed by atoms with van der Waals surface area (Å²) in [4.78, 5) is 22.9. The molecule has 0 bridgehead atoms. The quantitative estimate of drug-likeness (QED) is 0.187. The fraction of sp³-hybridized carbons (Fsp3) is 0.417. The van der Waals surface area contributed by atoms with Crippen molar-refractivity contribution in [3.8, 4) is 0 Å². The van der Waals surface area contributed by atoms with Crippen LogP contribution in [0, 0.1) is 5.92 Å². The number of carbonyl (C=O) groups is 2. The van der Waals surface area contributed by atoms with Crippen molar-refractivity contribution < 1.29 is 48.6 Å². The second-order valence-electron chi connectivity index (χ2n) is 2.79. The summed E-state index contributed by atoms with van der Waals surface area (Å²) >= 11 is 0. The van der Waals surface area contributed by atoms with Gasteiger partial charge < -0.3 is 9.47 Å². The van der Waals surface area contributed by atoms with Gasteiger partial charge in [0.25, 0.3) is 0 Å². The molecular formula is C12H17NaO4. The van der Waals surface area contributed by atoms with E-state index < -0.39 is 11.9 Å². The predicted molar refractivity (Wildman–Crippen MR) is 60.5 cm³/mol. The monoisotopic (exact) mass is 248 g/mol. The van der Waals surface area contributed by atoms with E-state index >= 15 is 0 Å². The fourth-order valence-electron chi connectivity index (χ4n) is 0.969. The van der Waals surface area contributed by atoms with Crippen LogP contribution >= 0.6 is 0 Å². The zero-order valence-electron chi connectivity index (χ0n) is 10.7. The van der Waals surface area contributed by atoms with Gasteiger partial charge in [0.15, 0.2) is 11.9 Å². The van der Waals surface area contributed by atoms with Crippen molar-refractivity contribution in [2.45, 2.75) is 20.3 Å². The first-order valence-corrected chi connectivity index (χ1v) is 5.14. The topological polar surface area (TPSA) is 52.6 Å². The first-order valence-electron chi connectivity index (χ1n) is 5.14. The van der Waals surface area contributed by atoms with Crippen LogP contribution in [-0.4, -0.2) is 25.2 Å². The molecule has 0 aromatic rings. The fourth-order valence-corrected chi connectivity index (χ4v) is 0.969. The Bertz CT molecular complexity index is 256. The van der Waals surface area contributed by atoms with Crippen LogP contribution in [0.2, 0.25) is 0 Å². The SMILES string of the molecule is C=C/C=C/C[C-](C(=O)OCC)C(=O)OCC.[Na+]. The maximum absolute atomic E-state index is 11.4. The Balaban J connectivity index is 0. The van der Waals surface area contributed by atoms with Crippen LogP contribution in [0.25, 0.3) is 0 Å². The Kier molecular flexibility index (Phi) is 12.9. The molecule has 0 spiro atoms. The summed E-state index contributed by atoms with van der Waals surface area (Å²) in [5, 5.41) is 0. The molecule has 0 heterocycles. The summed E-state index contributed by atoms with van der Waals surface area (Å²) in [6, 6.07) is 0. The van der Waals surface area contributed by atoms with Gasteiger partial charge in [-0.25, -0.2) is 0 Å². The van der Waals surface area contributed by atoms with Crippen molar-refractivity contribution in [1.82, 2.24) is 0 Å². The molecule has 90 valence electrons. The molecule has 0 atom stereocenters. The third-order valence-electron chi connectivity index (χ3n) is 1.64. The number of hydrogen-bond acceptors (Lipinski definition) is 4. The van der Waals surface area contributed by atoms with Crippen LogP contribution in [0.5, 0.6) is 0 Å². The number of hydrogen-bond donors (Lipinski definition) is 0. The Hall–Kier alpha value is -0.710. The van der Waals surface area contributed by atoms with E-state index in [0.29, 0.717) is 0 Å². The average molecular weight is 248 g/mol. The third-order valence-corrected chi connectivity index (χ3v) is 1.64. The molecule has 0 saturated heterocycles. The van der Waals surface area contributed by atoms with Crippen LogP contribution in [-0.2, 0) is 19.1 Å². The molecule has 0 aliphatic rings. The van der Waals surface area contributed by atoms with Gasteiger partial charge in [-0.05, 0) is 13.8 Å². The number of rotatable bonds is 7. The zero-order valence-corrected chi connectivity index (χ0v) is 12.7. The summed E-state index contributed by atoms with van der Waals surface area (Å²) in [5.74, 6) is -1.26. The first kappa shape index (κ1) is 18.6. The van der Waals surface area contributed by atoms with Crippen molar-refractivity contribution in [2.75, 3.05) is 13.2 Å². The van der Waals surface area contributed by atoms with E-state index in [2.05, 4.69) is 6.58 Å². The Morgan fingerprint density at radius 2 is 1.65 bits per heavy atom. The van der Waals surface area contributed by atoms with Gasteiger partial charge >= 0.3 is 29.6 Å². The number of esters is 2. The van der Waals surface area contributed by atoms with E-state index in [1.807, 2.05) is 0 Å². The van der Waals surface area contributed by atoms with E-state index in [-0.39, 0.29) is 55.1 Å². The standard InChI is InChI=1S/C12H17O4.Na/c1-4-7-8-9-10(11(13)15-5-2)12(14)16-6-3;/h4,7-8H,1,5-6,9H2,2-3H3;/q-1;+1/b8-7+;. The van der Waals surface area contributed by atoms with Crippen LogP contribution in [0.4, 0.5) is 0 Å². The van der Waals surface area contributed by atoms with Gasteiger partial charge in [-0.15, -0.1) is 12.5 Å². The molecule has 0 fully saturated rings. The van der Waals surface area contributed by atoms with Crippen molar-refractivity contribution in [2.24, 2.45) is 0 Å². The van der Waals surface area contributed by atoms with Crippen LogP contribution in [0.15, 0.2) is 24.8 Å². The molecular weight excluding hydrogens is 231 g/mol. The van der Waals surface area contributed by atoms with Crippen LogP contribution in [0.3, 0.4) is 0 Å². The maximum Gasteiger partial charge on any atom is 1.00 e. The molecule has 0 radical (unpaired) electrons. The summed E-state index contributed by atoms with van der Waals surface area (Å²) < 4.78 is 9.53. The summed E-state index contributed by atoms with van der Waals surface area (Å²) in [6.45, 7) is 7.31. The molecule has 0 aromatic carbocycles. The van der Waals surface area contributed by atoms with Crippen molar-refractivity contribution in [3.05, 3.63) is 30.7 Å². The molecule has 0 rings (SSSR count). The summed E-state index contributed by atoms with van der Waals surface area (Å²) in [7, 11) is 0. The van der Waals surface area contributed by atoms with Crippen LogP contribution < -0.4 is 29.6 Å². The Morgan fingerprint density at radius 3 is 2.00 bits per heavy atom. The Morgan fingerprint density at radius 1 is 1.18 bits per heavy atom. The van der Waals surface area contributed by atoms with E-state index in [1.54, 1.807) is 32.1 Å². The van der Waals surface area contributed by atoms with E-state index in [4.69, 9.17) is 9.47 Å². The molecule has 0 aliphatic carbocycles. The molecule has 4 nitrogen and oxygen atoms in total. The molecule has 0 N–H and O–H groups in total. The number of ether oxygens (including phenoxy) is 2. The molecule has 17 heavy (non-hydrogen) atoms.